The highest BCUT2D eigenvalue weighted by molar-refractivity contribution is 8.03. The summed E-state index contributed by atoms with van der Waals surface area (Å²) >= 11 is 1.92. The number of nitrogens with one attached hydrogen (secondary N) is 1. The number of fused-ring (bicyclic) bond motifs is 1. The van der Waals surface area contributed by atoms with Crippen molar-refractivity contribution in [3.63, 3.8) is 0 Å². The lowest BCUT2D eigenvalue weighted by molar-refractivity contribution is 1.01. The number of rotatable bonds is 0. The molecule has 0 unspecified atom stereocenters. The molecule has 0 amide bonds. The molecule has 1 aromatic carbocycles. The van der Waals surface area contributed by atoms with E-state index >= 15 is 0 Å². The average molecular weight is 201 g/mol. The Hall–Kier alpha value is -1.15. The van der Waals surface area contributed by atoms with Crippen LogP contribution < -0.4 is 5.32 Å². The van der Waals surface area contributed by atoms with Gasteiger partial charge in [-0.25, -0.2) is 0 Å². The Morgan fingerprint density at radius 1 is 1.14 bits per heavy atom. The second-order valence-electron chi connectivity index (χ2n) is 3.51. The third-order valence-electron chi connectivity index (χ3n) is 2.65. The van der Waals surface area contributed by atoms with Gasteiger partial charge in [0.25, 0.3) is 0 Å². The minimum absolute atomic E-state index is 1.02. The van der Waals surface area contributed by atoms with E-state index < -0.39 is 0 Å². The summed E-state index contributed by atoms with van der Waals surface area (Å²) < 4.78 is 0. The molecular weight excluding hydrogens is 190 g/mol. The summed E-state index contributed by atoms with van der Waals surface area (Å²) in [5.41, 5.74) is 4.10. The third-order valence-corrected chi connectivity index (χ3v) is 3.65. The second-order valence-corrected chi connectivity index (χ2v) is 4.58. The van der Waals surface area contributed by atoms with Crippen LogP contribution >= 0.6 is 11.8 Å². The monoisotopic (exact) mass is 201 g/mol. The summed E-state index contributed by atoms with van der Waals surface area (Å²) in [6.45, 7) is 0. The molecule has 0 radical (unpaired) electrons. The molecule has 2 heteroatoms. The Kier molecular flexibility index (Phi) is 1.88. The number of hydrogen-bond acceptors (Lipinski definition) is 2. The van der Waals surface area contributed by atoms with Crippen LogP contribution in [0.4, 0.5) is 0 Å². The van der Waals surface area contributed by atoms with E-state index in [4.69, 9.17) is 0 Å². The Morgan fingerprint density at radius 3 is 3.07 bits per heavy atom. The van der Waals surface area contributed by atoms with Crippen LogP contribution in [0.15, 0.2) is 40.9 Å². The van der Waals surface area contributed by atoms with Gasteiger partial charge in [0.1, 0.15) is 0 Å². The Morgan fingerprint density at radius 2 is 2.07 bits per heavy atom. The summed E-state index contributed by atoms with van der Waals surface area (Å²) in [5, 5.41) is 3.39. The van der Waals surface area contributed by atoms with Crippen molar-refractivity contribution in [2.45, 2.75) is 6.42 Å². The zero-order chi connectivity index (χ0) is 9.38. The van der Waals surface area contributed by atoms with Crippen LogP contribution in [0.2, 0.25) is 0 Å². The van der Waals surface area contributed by atoms with Crippen LogP contribution in [-0.4, -0.2) is 5.88 Å². The topological polar surface area (TPSA) is 12.0 Å². The normalized spacial score (nSPS) is 18.6. The van der Waals surface area contributed by atoms with E-state index in [2.05, 4.69) is 41.7 Å². The maximum atomic E-state index is 3.39. The molecule has 0 fully saturated rings. The van der Waals surface area contributed by atoms with Gasteiger partial charge in [-0.1, -0.05) is 30.3 Å². The number of allylic oxidation sites excluding steroid dienone is 2. The van der Waals surface area contributed by atoms with Gasteiger partial charge in [0, 0.05) is 17.0 Å². The van der Waals surface area contributed by atoms with Gasteiger partial charge in [-0.05, 0) is 17.2 Å². The SMILES string of the molecule is C1=Cc2ccccc2CC2=C1NCS2. The van der Waals surface area contributed by atoms with Crippen molar-refractivity contribution in [3.8, 4) is 0 Å². The molecule has 2 aliphatic rings. The van der Waals surface area contributed by atoms with Crippen LogP contribution in [0.5, 0.6) is 0 Å². The van der Waals surface area contributed by atoms with E-state index in [9.17, 15) is 0 Å². The van der Waals surface area contributed by atoms with Crippen molar-refractivity contribution in [1.29, 1.82) is 0 Å². The van der Waals surface area contributed by atoms with E-state index in [1.54, 1.807) is 0 Å². The zero-order valence-electron chi connectivity index (χ0n) is 7.79. The molecule has 1 aromatic rings. The van der Waals surface area contributed by atoms with Crippen molar-refractivity contribution >= 4 is 17.8 Å². The number of benzene rings is 1. The standard InChI is InChI=1S/C12H11NS/c1-2-4-10-7-12-11(13-8-14-12)6-5-9(10)3-1/h1-6,13H,7-8H2. The summed E-state index contributed by atoms with van der Waals surface area (Å²) in [7, 11) is 0. The van der Waals surface area contributed by atoms with Gasteiger partial charge in [-0.3, -0.25) is 0 Å². The summed E-state index contributed by atoms with van der Waals surface area (Å²) in [5.74, 6) is 1.02. The van der Waals surface area contributed by atoms with Crippen LogP contribution in [0.3, 0.4) is 0 Å². The predicted octanol–water partition coefficient (Wildman–Crippen LogP) is 2.76. The fraction of sp³-hybridized carbons (Fsp3) is 0.167. The van der Waals surface area contributed by atoms with Gasteiger partial charge in [-0.2, -0.15) is 0 Å². The van der Waals surface area contributed by atoms with Crippen LogP contribution in [0.1, 0.15) is 11.1 Å². The molecule has 0 aromatic heterocycles. The molecule has 1 heterocycles. The molecular formula is C12H11NS. The molecule has 70 valence electrons. The van der Waals surface area contributed by atoms with Crippen molar-refractivity contribution in [1.82, 2.24) is 5.32 Å². The molecule has 1 nitrogen and oxygen atoms in total. The minimum atomic E-state index is 1.02. The van der Waals surface area contributed by atoms with Crippen molar-refractivity contribution in [2.24, 2.45) is 0 Å². The van der Waals surface area contributed by atoms with Gasteiger partial charge in [0.15, 0.2) is 0 Å². The predicted molar refractivity (Wildman–Crippen MR) is 61.8 cm³/mol. The van der Waals surface area contributed by atoms with Crippen molar-refractivity contribution < 1.29 is 0 Å². The fourth-order valence-corrected chi connectivity index (χ4v) is 2.83. The average Bonchev–Trinajstić information content (AvgIpc) is 2.58. The van der Waals surface area contributed by atoms with Crippen molar-refractivity contribution in [2.75, 3.05) is 5.88 Å². The van der Waals surface area contributed by atoms with E-state index in [0.29, 0.717) is 0 Å². The largest absolute Gasteiger partial charge is 0.375 e. The van der Waals surface area contributed by atoms with Gasteiger partial charge in [0.2, 0.25) is 0 Å². The van der Waals surface area contributed by atoms with E-state index in [-0.39, 0.29) is 0 Å². The first-order chi connectivity index (χ1) is 6.93. The summed E-state index contributed by atoms with van der Waals surface area (Å²) in [4.78, 5) is 1.48. The lowest BCUT2D eigenvalue weighted by Gasteiger charge is -2.03. The van der Waals surface area contributed by atoms with Crippen LogP contribution in [0, 0.1) is 0 Å². The van der Waals surface area contributed by atoms with Gasteiger partial charge in [-0.15, -0.1) is 11.8 Å². The molecule has 1 aliphatic heterocycles. The van der Waals surface area contributed by atoms with Gasteiger partial charge in [0.05, 0.1) is 5.88 Å². The number of hydrogen-bond donors (Lipinski definition) is 1. The van der Waals surface area contributed by atoms with Gasteiger partial charge < -0.3 is 5.32 Å². The van der Waals surface area contributed by atoms with Crippen LogP contribution in [-0.2, 0) is 6.42 Å². The fourth-order valence-electron chi connectivity index (χ4n) is 1.88. The molecule has 0 spiro atoms. The highest BCUT2D eigenvalue weighted by atomic mass is 32.2. The van der Waals surface area contributed by atoms with E-state index in [1.807, 2.05) is 11.8 Å². The molecule has 1 aliphatic carbocycles. The molecule has 0 saturated heterocycles. The lowest BCUT2D eigenvalue weighted by Crippen LogP contribution is -2.03. The smallest absolute Gasteiger partial charge is 0.0655 e. The first kappa shape index (κ1) is 8.18. The molecule has 0 bridgehead atoms. The van der Waals surface area contributed by atoms with Crippen molar-refractivity contribution in [3.05, 3.63) is 52.1 Å². The molecule has 3 rings (SSSR count). The zero-order valence-corrected chi connectivity index (χ0v) is 8.60. The Labute approximate surface area is 87.9 Å². The lowest BCUT2D eigenvalue weighted by atomic mass is 10.1. The number of thioether (sulfide) groups is 1. The molecule has 14 heavy (non-hydrogen) atoms. The first-order valence-electron chi connectivity index (χ1n) is 4.79. The summed E-state index contributed by atoms with van der Waals surface area (Å²) in [6.07, 6.45) is 5.48. The first-order valence-corrected chi connectivity index (χ1v) is 5.78. The van der Waals surface area contributed by atoms with E-state index in [1.165, 1.54) is 21.7 Å². The highest BCUT2D eigenvalue weighted by Gasteiger charge is 2.16. The maximum absolute atomic E-state index is 3.39. The second kappa shape index (κ2) is 3.21. The molecule has 0 atom stereocenters. The van der Waals surface area contributed by atoms with Crippen LogP contribution in [0.25, 0.3) is 6.08 Å². The van der Waals surface area contributed by atoms with Gasteiger partial charge >= 0.3 is 0 Å². The minimum Gasteiger partial charge on any atom is -0.375 e. The highest BCUT2D eigenvalue weighted by Crippen LogP contribution is 2.32. The van der Waals surface area contributed by atoms with E-state index in [0.717, 1.165) is 12.3 Å². The third kappa shape index (κ3) is 1.26. The molecule has 0 saturated carbocycles. The quantitative estimate of drug-likeness (QED) is 0.692. The Balaban J connectivity index is 2.09. The molecule has 1 N–H and O–H groups in total. The summed E-state index contributed by atoms with van der Waals surface area (Å²) in [6, 6.07) is 8.61. The maximum Gasteiger partial charge on any atom is 0.0655 e. The Bertz CT molecular complexity index is 432.